The molecule has 1 amide bonds. The molecule has 136 valence electrons. The van der Waals surface area contributed by atoms with Gasteiger partial charge in [-0.25, -0.2) is 4.98 Å². The summed E-state index contributed by atoms with van der Waals surface area (Å²) in [5.74, 6) is 1.51. The lowest BCUT2D eigenvalue weighted by molar-refractivity contribution is 0.0779. The number of H-pyrrole nitrogens is 1. The molecule has 26 heavy (non-hydrogen) atoms. The summed E-state index contributed by atoms with van der Waals surface area (Å²) < 4.78 is 13.1. The molecule has 1 aromatic carbocycles. The molecule has 0 aliphatic carbocycles. The summed E-state index contributed by atoms with van der Waals surface area (Å²) in [5, 5.41) is 10.8. The van der Waals surface area contributed by atoms with Gasteiger partial charge in [-0.05, 0) is 12.5 Å². The first kappa shape index (κ1) is 16.6. The fraction of sp³-hybridized carbons (Fsp3) is 0.389. The molecular weight excluding hydrogens is 334 g/mol. The van der Waals surface area contributed by atoms with E-state index in [2.05, 4.69) is 20.5 Å². The smallest absolute Gasteiger partial charge is 0.272 e. The highest BCUT2D eigenvalue weighted by Crippen LogP contribution is 2.33. The van der Waals surface area contributed by atoms with E-state index in [1.165, 1.54) is 0 Å². The van der Waals surface area contributed by atoms with Crippen molar-refractivity contribution in [3.05, 3.63) is 42.1 Å². The zero-order valence-electron chi connectivity index (χ0n) is 14.7. The standard InChI is InChI=1S/C18H21N5O3/c1-23-8-7-19-17(23)16-11(6-9-26-16)10-20-18(24)15-12-4-3-5-13(25-2)14(12)21-22-15/h3-5,7-8,11,16H,6,9-10H2,1-2H3,(H,20,24)(H,21,22)/t11-,16+/m0/s1. The molecule has 4 rings (SSSR count). The lowest BCUT2D eigenvalue weighted by atomic mass is 10.0. The van der Waals surface area contributed by atoms with Crippen molar-refractivity contribution in [3.8, 4) is 5.75 Å². The maximum absolute atomic E-state index is 12.6. The zero-order valence-corrected chi connectivity index (χ0v) is 14.7. The highest BCUT2D eigenvalue weighted by Gasteiger charge is 2.32. The maximum Gasteiger partial charge on any atom is 0.272 e. The number of carbonyl (C=O) groups is 1. The predicted octanol–water partition coefficient (Wildman–Crippen LogP) is 1.81. The van der Waals surface area contributed by atoms with Gasteiger partial charge in [0.05, 0.1) is 7.11 Å². The van der Waals surface area contributed by atoms with E-state index in [9.17, 15) is 4.79 Å². The molecule has 0 saturated carbocycles. The van der Waals surface area contributed by atoms with Crippen LogP contribution in [0.15, 0.2) is 30.6 Å². The fourth-order valence-corrected chi connectivity index (χ4v) is 3.45. The Hall–Kier alpha value is -2.87. The number of aryl methyl sites for hydroxylation is 1. The van der Waals surface area contributed by atoms with Gasteiger partial charge < -0.3 is 19.4 Å². The highest BCUT2D eigenvalue weighted by molar-refractivity contribution is 6.05. The van der Waals surface area contributed by atoms with Crippen molar-refractivity contribution in [2.45, 2.75) is 12.5 Å². The van der Waals surface area contributed by atoms with E-state index >= 15 is 0 Å². The van der Waals surface area contributed by atoms with Gasteiger partial charge in [0.2, 0.25) is 0 Å². The summed E-state index contributed by atoms with van der Waals surface area (Å²) in [6.07, 6.45) is 4.44. The molecule has 1 fully saturated rings. The molecule has 1 saturated heterocycles. The van der Waals surface area contributed by atoms with Gasteiger partial charge in [0.25, 0.3) is 5.91 Å². The Morgan fingerprint density at radius 1 is 1.50 bits per heavy atom. The Kier molecular flexibility index (Phi) is 4.34. The van der Waals surface area contributed by atoms with Crippen molar-refractivity contribution in [1.29, 1.82) is 0 Å². The summed E-state index contributed by atoms with van der Waals surface area (Å²) in [5.41, 5.74) is 1.08. The third kappa shape index (κ3) is 2.82. The molecule has 3 aromatic rings. The van der Waals surface area contributed by atoms with Crippen LogP contribution in [0.25, 0.3) is 10.9 Å². The van der Waals surface area contributed by atoms with E-state index < -0.39 is 0 Å². The number of aromatic amines is 1. The number of rotatable bonds is 5. The van der Waals surface area contributed by atoms with Crippen LogP contribution < -0.4 is 10.1 Å². The van der Waals surface area contributed by atoms with E-state index in [1.54, 1.807) is 13.3 Å². The van der Waals surface area contributed by atoms with Crippen LogP contribution in [0.2, 0.25) is 0 Å². The Bertz CT molecular complexity index is 932. The van der Waals surface area contributed by atoms with Gasteiger partial charge in [-0.2, -0.15) is 5.10 Å². The van der Waals surface area contributed by atoms with Crippen LogP contribution in [0.5, 0.6) is 5.75 Å². The number of fused-ring (bicyclic) bond motifs is 1. The summed E-state index contributed by atoms with van der Waals surface area (Å²) in [7, 11) is 3.54. The number of nitrogens with zero attached hydrogens (tertiary/aromatic N) is 3. The quantitative estimate of drug-likeness (QED) is 0.728. The van der Waals surface area contributed by atoms with Crippen LogP contribution in [0, 0.1) is 5.92 Å². The highest BCUT2D eigenvalue weighted by atomic mass is 16.5. The lowest BCUT2D eigenvalue weighted by Gasteiger charge is -2.18. The number of carbonyl (C=O) groups excluding carboxylic acids is 1. The number of amides is 1. The number of methoxy groups -OCH3 is 1. The topological polar surface area (TPSA) is 94.1 Å². The number of hydrogen-bond donors (Lipinski definition) is 2. The zero-order chi connectivity index (χ0) is 18.1. The summed E-state index contributed by atoms with van der Waals surface area (Å²) in [6.45, 7) is 1.18. The molecule has 2 atom stereocenters. The van der Waals surface area contributed by atoms with Gasteiger partial charge in [0.1, 0.15) is 23.2 Å². The number of para-hydroxylation sites is 1. The molecule has 2 N–H and O–H groups in total. The van der Waals surface area contributed by atoms with Crippen molar-refractivity contribution in [2.24, 2.45) is 13.0 Å². The minimum Gasteiger partial charge on any atom is -0.494 e. The van der Waals surface area contributed by atoms with Gasteiger partial charge in [0.15, 0.2) is 5.69 Å². The monoisotopic (exact) mass is 355 g/mol. The minimum atomic E-state index is -0.213. The van der Waals surface area contributed by atoms with E-state index in [0.717, 1.165) is 23.1 Å². The Morgan fingerprint density at radius 3 is 3.15 bits per heavy atom. The van der Waals surface area contributed by atoms with Crippen LogP contribution in [0.1, 0.15) is 28.8 Å². The summed E-state index contributed by atoms with van der Waals surface area (Å²) >= 11 is 0. The van der Waals surface area contributed by atoms with Crippen LogP contribution in [0.3, 0.4) is 0 Å². The minimum absolute atomic E-state index is 0.105. The molecular formula is C18H21N5O3. The number of benzene rings is 1. The normalized spacial score (nSPS) is 19.8. The van der Waals surface area contributed by atoms with Crippen LogP contribution in [0.4, 0.5) is 0 Å². The SMILES string of the molecule is COc1cccc2c(C(=O)NC[C@@H]3CCO[C@H]3c3nccn3C)n[nH]c12. The van der Waals surface area contributed by atoms with Crippen molar-refractivity contribution in [3.63, 3.8) is 0 Å². The van der Waals surface area contributed by atoms with E-state index in [0.29, 0.717) is 24.6 Å². The molecule has 2 aromatic heterocycles. The molecule has 3 heterocycles. The number of aromatic nitrogens is 4. The predicted molar refractivity (Wildman–Crippen MR) is 95.0 cm³/mol. The van der Waals surface area contributed by atoms with Crippen molar-refractivity contribution >= 4 is 16.8 Å². The lowest BCUT2D eigenvalue weighted by Crippen LogP contribution is -2.31. The molecule has 0 radical (unpaired) electrons. The second kappa shape index (κ2) is 6.80. The second-order valence-electron chi connectivity index (χ2n) is 6.40. The van der Waals surface area contributed by atoms with Gasteiger partial charge in [0, 0.05) is 43.9 Å². The third-order valence-corrected chi connectivity index (χ3v) is 4.85. The van der Waals surface area contributed by atoms with Crippen LogP contribution >= 0.6 is 0 Å². The fourth-order valence-electron chi connectivity index (χ4n) is 3.45. The van der Waals surface area contributed by atoms with Crippen molar-refractivity contribution in [1.82, 2.24) is 25.1 Å². The Balaban J connectivity index is 1.48. The van der Waals surface area contributed by atoms with Crippen LogP contribution in [-0.2, 0) is 11.8 Å². The van der Waals surface area contributed by atoms with Crippen LogP contribution in [-0.4, -0.2) is 45.9 Å². The largest absolute Gasteiger partial charge is 0.494 e. The number of imidazole rings is 1. The molecule has 8 nitrogen and oxygen atoms in total. The average Bonchev–Trinajstić information content (AvgIpc) is 3.38. The number of hydrogen-bond acceptors (Lipinski definition) is 5. The molecule has 1 aliphatic rings. The Labute approximate surface area is 150 Å². The van der Waals surface area contributed by atoms with Crippen molar-refractivity contribution in [2.75, 3.05) is 20.3 Å². The number of nitrogens with one attached hydrogen (secondary N) is 2. The second-order valence-corrected chi connectivity index (χ2v) is 6.40. The Morgan fingerprint density at radius 2 is 2.38 bits per heavy atom. The van der Waals surface area contributed by atoms with Gasteiger partial charge >= 0.3 is 0 Å². The van der Waals surface area contributed by atoms with Gasteiger partial charge in [-0.3, -0.25) is 9.89 Å². The molecule has 8 heteroatoms. The maximum atomic E-state index is 12.6. The molecule has 0 unspecified atom stereocenters. The molecule has 1 aliphatic heterocycles. The summed E-state index contributed by atoms with van der Waals surface area (Å²) in [4.78, 5) is 17.0. The first-order chi connectivity index (χ1) is 12.7. The van der Waals surface area contributed by atoms with Gasteiger partial charge in [-0.15, -0.1) is 0 Å². The average molecular weight is 355 g/mol. The molecule has 0 spiro atoms. The van der Waals surface area contributed by atoms with E-state index in [1.807, 2.05) is 36.0 Å². The third-order valence-electron chi connectivity index (χ3n) is 4.85. The number of ether oxygens (including phenoxy) is 2. The van der Waals surface area contributed by atoms with E-state index in [-0.39, 0.29) is 17.9 Å². The van der Waals surface area contributed by atoms with E-state index in [4.69, 9.17) is 9.47 Å². The first-order valence-electron chi connectivity index (χ1n) is 8.57. The first-order valence-corrected chi connectivity index (χ1v) is 8.57. The molecule has 0 bridgehead atoms. The van der Waals surface area contributed by atoms with Gasteiger partial charge in [-0.1, -0.05) is 12.1 Å². The van der Waals surface area contributed by atoms with Crippen molar-refractivity contribution < 1.29 is 14.3 Å². The summed E-state index contributed by atoms with van der Waals surface area (Å²) in [6, 6.07) is 5.52.